The number of carbonyl (C=O) groups is 2. The van der Waals surface area contributed by atoms with E-state index in [0.29, 0.717) is 19.5 Å². The number of aliphatic hydroxyl groups excluding tert-OH is 1. The fraction of sp³-hybridized carbons (Fsp3) is 0.750. The van der Waals surface area contributed by atoms with Crippen LogP contribution in [0.2, 0.25) is 0 Å². The van der Waals surface area contributed by atoms with Gasteiger partial charge in [0.05, 0.1) is 6.42 Å². The molecule has 5 heteroatoms. The van der Waals surface area contributed by atoms with Crippen LogP contribution in [0.3, 0.4) is 0 Å². The van der Waals surface area contributed by atoms with E-state index in [1.165, 1.54) is 0 Å². The van der Waals surface area contributed by atoms with Gasteiger partial charge in [-0.1, -0.05) is 0 Å². The minimum absolute atomic E-state index is 0.0680. The van der Waals surface area contributed by atoms with Gasteiger partial charge in [-0.05, 0) is 19.4 Å². The number of nitrogens with zero attached hydrogens (tertiary/aromatic N) is 1. The number of hydrogen-bond donors (Lipinski definition) is 2. The third-order valence-electron chi connectivity index (χ3n) is 2.06. The molecular formula is C8H14N2O3. The molecule has 0 bridgehead atoms. The summed E-state index contributed by atoms with van der Waals surface area (Å²) in [5.41, 5.74) is 5.27. The highest BCUT2D eigenvalue weighted by atomic mass is 16.3. The minimum Gasteiger partial charge on any atom is -0.383 e. The van der Waals surface area contributed by atoms with Crippen LogP contribution in [-0.2, 0) is 9.59 Å². The molecule has 2 amide bonds. The third-order valence-corrected chi connectivity index (χ3v) is 2.06. The van der Waals surface area contributed by atoms with Gasteiger partial charge in [0.2, 0.25) is 5.91 Å². The molecule has 13 heavy (non-hydrogen) atoms. The molecule has 1 atom stereocenters. The number of rotatable bonds is 4. The normalized spacial score (nSPS) is 22.9. The Labute approximate surface area is 76.5 Å². The first-order valence-electron chi connectivity index (χ1n) is 4.39. The molecule has 1 unspecified atom stereocenters. The molecule has 0 aromatic carbocycles. The van der Waals surface area contributed by atoms with Crippen molar-refractivity contribution in [2.45, 2.75) is 25.4 Å². The van der Waals surface area contributed by atoms with E-state index < -0.39 is 12.0 Å². The summed E-state index contributed by atoms with van der Waals surface area (Å²) >= 11 is 0. The molecule has 1 aliphatic heterocycles. The van der Waals surface area contributed by atoms with E-state index in [0.717, 1.165) is 11.3 Å². The molecule has 1 fully saturated rings. The van der Waals surface area contributed by atoms with Crippen LogP contribution in [0, 0.1) is 0 Å². The van der Waals surface area contributed by atoms with Gasteiger partial charge in [-0.3, -0.25) is 14.5 Å². The van der Waals surface area contributed by atoms with Gasteiger partial charge in [0.1, 0.15) is 6.10 Å². The Hall–Kier alpha value is -0.940. The molecule has 0 spiro atoms. The molecule has 0 saturated carbocycles. The van der Waals surface area contributed by atoms with Crippen LogP contribution in [0.5, 0.6) is 0 Å². The summed E-state index contributed by atoms with van der Waals surface area (Å²) in [6.45, 7) is 0.935. The lowest BCUT2D eigenvalue weighted by Gasteiger charge is -2.12. The van der Waals surface area contributed by atoms with Crippen LogP contribution >= 0.6 is 0 Å². The summed E-state index contributed by atoms with van der Waals surface area (Å²) in [5.74, 6) is -0.753. The number of carbonyl (C=O) groups excluding carboxylic acids is 2. The molecule has 1 aliphatic rings. The summed E-state index contributed by atoms with van der Waals surface area (Å²) in [5, 5.41) is 9.06. The van der Waals surface area contributed by atoms with Crippen molar-refractivity contribution in [2.75, 3.05) is 13.1 Å². The van der Waals surface area contributed by atoms with Gasteiger partial charge in [-0.15, -0.1) is 0 Å². The Bertz CT molecular complexity index is 217. The van der Waals surface area contributed by atoms with Gasteiger partial charge in [0.25, 0.3) is 5.91 Å². The van der Waals surface area contributed by atoms with E-state index in [1.807, 2.05) is 0 Å². The number of unbranched alkanes of at least 4 members (excludes halogenated alkanes) is 1. The van der Waals surface area contributed by atoms with Gasteiger partial charge in [0.15, 0.2) is 0 Å². The van der Waals surface area contributed by atoms with Crippen LogP contribution in [0.15, 0.2) is 0 Å². The van der Waals surface area contributed by atoms with Crippen molar-refractivity contribution in [3.63, 3.8) is 0 Å². The average molecular weight is 186 g/mol. The zero-order valence-electron chi connectivity index (χ0n) is 7.40. The number of imide groups is 1. The van der Waals surface area contributed by atoms with Crippen LogP contribution in [-0.4, -0.2) is 41.0 Å². The highest BCUT2D eigenvalue weighted by Gasteiger charge is 2.36. The molecule has 0 aromatic heterocycles. The molecule has 1 saturated heterocycles. The Balaban J connectivity index is 2.40. The van der Waals surface area contributed by atoms with Crippen molar-refractivity contribution in [3.05, 3.63) is 0 Å². The van der Waals surface area contributed by atoms with Gasteiger partial charge in [-0.25, -0.2) is 0 Å². The minimum atomic E-state index is -1.12. The first-order chi connectivity index (χ1) is 6.16. The lowest BCUT2D eigenvalue weighted by atomic mass is 10.3. The van der Waals surface area contributed by atoms with E-state index >= 15 is 0 Å². The fourth-order valence-electron chi connectivity index (χ4n) is 1.31. The molecule has 0 radical (unpaired) electrons. The van der Waals surface area contributed by atoms with Gasteiger partial charge < -0.3 is 10.8 Å². The van der Waals surface area contributed by atoms with Crippen molar-refractivity contribution < 1.29 is 14.7 Å². The standard InChI is InChI=1S/C8H14N2O3/c9-3-1-2-4-10-7(12)5-6(11)8(10)13/h6,11H,1-5,9H2. The maximum Gasteiger partial charge on any atom is 0.258 e. The highest BCUT2D eigenvalue weighted by Crippen LogP contribution is 2.13. The predicted octanol–water partition coefficient (Wildman–Crippen LogP) is -1.15. The second-order valence-electron chi connectivity index (χ2n) is 3.10. The Morgan fingerprint density at radius 2 is 2.15 bits per heavy atom. The Kier molecular flexibility index (Phi) is 3.39. The van der Waals surface area contributed by atoms with Crippen LogP contribution in [0.1, 0.15) is 19.3 Å². The van der Waals surface area contributed by atoms with Crippen LogP contribution in [0.4, 0.5) is 0 Å². The second-order valence-corrected chi connectivity index (χ2v) is 3.10. The smallest absolute Gasteiger partial charge is 0.258 e. The van der Waals surface area contributed by atoms with Crippen molar-refractivity contribution in [1.29, 1.82) is 0 Å². The monoisotopic (exact) mass is 186 g/mol. The molecule has 3 N–H and O–H groups in total. The van der Waals surface area contributed by atoms with Crippen molar-refractivity contribution >= 4 is 11.8 Å². The lowest BCUT2D eigenvalue weighted by Crippen LogP contribution is -2.33. The molecule has 0 aromatic rings. The summed E-state index contributed by atoms with van der Waals surface area (Å²) in [4.78, 5) is 23.3. The van der Waals surface area contributed by atoms with Crippen molar-refractivity contribution in [1.82, 2.24) is 4.90 Å². The number of likely N-dealkylation sites (tertiary alicyclic amines) is 1. The van der Waals surface area contributed by atoms with Crippen LogP contribution < -0.4 is 5.73 Å². The van der Waals surface area contributed by atoms with E-state index in [-0.39, 0.29) is 12.3 Å². The van der Waals surface area contributed by atoms with Crippen molar-refractivity contribution in [3.8, 4) is 0 Å². The van der Waals surface area contributed by atoms with Gasteiger partial charge in [0, 0.05) is 6.54 Å². The second kappa shape index (κ2) is 4.34. The largest absolute Gasteiger partial charge is 0.383 e. The molecule has 0 aliphatic carbocycles. The number of hydrogen-bond acceptors (Lipinski definition) is 4. The molecule has 1 rings (SSSR count). The Morgan fingerprint density at radius 3 is 2.62 bits per heavy atom. The first-order valence-corrected chi connectivity index (χ1v) is 4.39. The summed E-state index contributed by atoms with van der Waals surface area (Å²) in [6, 6.07) is 0. The van der Waals surface area contributed by atoms with E-state index in [1.54, 1.807) is 0 Å². The summed E-state index contributed by atoms with van der Waals surface area (Å²) in [6.07, 6.45) is 0.306. The lowest BCUT2D eigenvalue weighted by molar-refractivity contribution is -0.140. The summed E-state index contributed by atoms with van der Waals surface area (Å²) < 4.78 is 0. The molecule has 5 nitrogen and oxygen atoms in total. The van der Waals surface area contributed by atoms with Gasteiger partial charge >= 0.3 is 0 Å². The number of nitrogens with two attached hydrogens (primary N) is 1. The first kappa shape index (κ1) is 10.1. The van der Waals surface area contributed by atoms with E-state index in [9.17, 15) is 9.59 Å². The fourth-order valence-corrected chi connectivity index (χ4v) is 1.31. The SMILES string of the molecule is NCCCCN1C(=O)CC(O)C1=O. The zero-order chi connectivity index (χ0) is 9.84. The topological polar surface area (TPSA) is 83.6 Å². The maximum absolute atomic E-state index is 11.1. The Morgan fingerprint density at radius 1 is 1.46 bits per heavy atom. The molecule has 74 valence electrons. The quantitative estimate of drug-likeness (QED) is 0.428. The third kappa shape index (κ3) is 2.26. The summed E-state index contributed by atoms with van der Waals surface area (Å²) in [7, 11) is 0. The van der Waals surface area contributed by atoms with E-state index in [4.69, 9.17) is 10.8 Å². The average Bonchev–Trinajstić information content (AvgIpc) is 2.32. The van der Waals surface area contributed by atoms with Crippen molar-refractivity contribution in [2.24, 2.45) is 5.73 Å². The molecule has 1 heterocycles. The van der Waals surface area contributed by atoms with Gasteiger partial charge in [-0.2, -0.15) is 0 Å². The zero-order valence-corrected chi connectivity index (χ0v) is 7.40. The number of amides is 2. The highest BCUT2D eigenvalue weighted by molar-refractivity contribution is 6.04. The maximum atomic E-state index is 11.1. The molecular weight excluding hydrogens is 172 g/mol. The van der Waals surface area contributed by atoms with E-state index in [2.05, 4.69) is 0 Å². The van der Waals surface area contributed by atoms with Crippen LogP contribution in [0.25, 0.3) is 0 Å². The number of aliphatic hydroxyl groups is 1. The predicted molar refractivity (Wildman–Crippen MR) is 45.6 cm³/mol.